The summed E-state index contributed by atoms with van der Waals surface area (Å²) in [7, 11) is 3.44. The molecule has 1 atom stereocenters. The number of methoxy groups -OCH3 is 1. The number of nitrogens with two attached hydrogens (primary N) is 1. The summed E-state index contributed by atoms with van der Waals surface area (Å²) >= 11 is 0. The SMILES string of the molecule is COc1cccc(-c2nc(NCC3CCCO3)nc3nn(C)c(N)c23)c1. The standard InChI is InChI=1S/C18H22N6O2/c1-24-16(19)14-15(11-5-3-6-12(9-11)25-2)21-18(22-17(14)23-24)20-10-13-7-4-8-26-13/h3,5-6,9,13H,4,7-8,10,19H2,1-2H3,(H,20,22,23). The van der Waals surface area contributed by atoms with Crippen LogP contribution in [0.3, 0.4) is 0 Å². The number of aromatic nitrogens is 4. The summed E-state index contributed by atoms with van der Waals surface area (Å²) in [6.07, 6.45) is 2.34. The lowest BCUT2D eigenvalue weighted by Gasteiger charge is -2.12. The molecule has 0 amide bonds. The van der Waals surface area contributed by atoms with E-state index in [1.165, 1.54) is 0 Å². The normalized spacial score (nSPS) is 16.9. The van der Waals surface area contributed by atoms with Gasteiger partial charge >= 0.3 is 0 Å². The van der Waals surface area contributed by atoms with E-state index in [1.807, 2.05) is 24.3 Å². The van der Waals surface area contributed by atoms with E-state index in [0.717, 1.165) is 41.8 Å². The molecule has 0 bridgehead atoms. The highest BCUT2D eigenvalue weighted by Gasteiger charge is 2.19. The van der Waals surface area contributed by atoms with Crippen molar-refractivity contribution in [2.75, 3.05) is 31.3 Å². The number of rotatable bonds is 5. The topological polar surface area (TPSA) is 100 Å². The fourth-order valence-electron chi connectivity index (χ4n) is 3.18. The molecule has 8 heteroatoms. The van der Waals surface area contributed by atoms with Gasteiger partial charge in [0.1, 0.15) is 11.6 Å². The molecule has 1 aliphatic heterocycles. The molecule has 0 spiro atoms. The third kappa shape index (κ3) is 3.03. The number of nitrogen functional groups attached to an aromatic ring is 1. The number of aryl methyl sites for hydroxylation is 1. The first-order valence-corrected chi connectivity index (χ1v) is 8.66. The molecule has 1 saturated heterocycles. The van der Waals surface area contributed by atoms with Gasteiger partial charge in [0.05, 0.1) is 24.3 Å². The van der Waals surface area contributed by atoms with Crippen molar-refractivity contribution in [2.45, 2.75) is 18.9 Å². The quantitative estimate of drug-likeness (QED) is 0.724. The van der Waals surface area contributed by atoms with Crippen molar-refractivity contribution in [2.24, 2.45) is 7.05 Å². The summed E-state index contributed by atoms with van der Waals surface area (Å²) in [6, 6.07) is 7.72. The molecule has 0 aliphatic carbocycles. The molecule has 1 aromatic carbocycles. The van der Waals surface area contributed by atoms with Crippen LogP contribution in [0.4, 0.5) is 11.8 Å². The third-order valence-electron chi connectivity index (χ3n) is 4.59. The number of anilines is 2. The summed E-state index contributed by atoms with van der Waals surface area (Å²) in [4.78, 5) is 9.24. The van der Waals surface area contributed by atoms with Crippen molar-refractivity contribution in [3.8, 4) is 17.0 Å². The molecule has 2 aromatic heterocycles. The first-order chi connectivity index (χ1) is 12.7. The highest BCUT2D eigenvalue weighted by molar-refractivity contribution is 5.99. The predicted molar refractivity (Wildman–Crippen MR) is 100 cm³/mol. The Morgan fingerprint density at radius 2 is 2.27 bits per heavy atom. The van der Waals surface area contributed by atoms with Gasteiger partial charge in [-0.2, -0.15) is 10.1 Å². The summed E-state index contributed by atoms with van der Waals surface area (Å²) in [6.45, 7) is 1.49. The summed E-state index contributed by atoms with van der Waals surface area (Å²) in [5.74, 6) is 1.80. The van der Waals surface area contributed by atoms with Gasteiger partial charge in [-0.25, -0.2) is 4.98 Å². The lowest BCUT2D eigenvalue weighted by Crippen LogP contribution is -2.19. The van der Waals surface area contributed by atoms with Gasteiger partial charge in [-0.15, -0.1) is 0 Å². The Balaban J connectivity index is 1.77. The van der Waals surface area contributed by atoms with E-state index in [1.54, 1.807) is 18.8 Å². The van der Waals surface area contributed by atoms with E-state index in [-0.39, 0.29) is 6.10 Å². The first-order valence-electron chi connectivity index (χ1n) is 8.66. The maximum atomic E-state index is 6.22. The number of ether oxygens (including phenoxy) is 2. The van der Waals surface area contributed by atoms with Crippen molar-refractivity contribution in [3.63, 3.8) is 0 Å². The van der Waals surface area contributed by atoms with Crippen LogP contribution in [-0.2, 0) is 11.8 Å². The first kappa shape index (κ1) is 16.6. The van der Waals surface area contributed by atoms with Crippen molar-refractivity contribution in [3.05, 3.63) is 24.3 Å². The van der Waals surface area contributed by atoms with Gasteiger partial charge in [0.25, 0.3) is 0 Å². The lowest BCUT2D eigenvalue weighted by molar-refractivity contribution is 0.120. The van der Waals surface area contributed by atoms with Crippen molar-refractivity contribution < 1.29 is 9.47 Å². The minimum Gasteiger partial charge on any atom is -0.497 e. The van der Waals surface area contributed by atoms with E-state index >= 15 is 0 Å². The Labute approximate surface area is 151 Å². The minimum absolute atomic E-state index is 0.198. The van der Waals surface area contributed by atoms with Crippen molar-refractivity contribution in [1.82, 2.24) is 19.7 Å². The third-order valence-corrected chi connectivity index (χ3v) is 4.59. The highest BCUT2D eigenvalue weighted by atomic mass is 16.5. The molecular weight excluding hydrogens is 332 g/mol. The van der Waals surface area contributed by atoms with Gasteiger partial charge < -0.3 is 20.5 Å². The Kier molecular flexibility index (Phi) is 4.34. The van der Waals surface area contributed by atoms with E-state index < -0.39 is 0 Å². The van der Waals surface area contributed by atoms with Crippen LogP contribution in [0.15, 0.2) is 24.3 Å². The second-order valence-electron chi connectivity index (χ2n) is 6.35. The van der Waals surface area contributed by atoms with E-state index in [0.29, 0.717) is 24.0 Å². The van der Waals surface area contributed by atoms with Gasteiger partial charge in [0.15, 0.2) is 5.65 Å². The van der Waals surface area contributed by atoms with Crippen molar-refractivity contribution >= 4 is 22.8 Å². The van der Waals surface area contributed by atoms with Gasteiger partial charge in [0, 0.05) is 25.8 Å². The monoisotopic (exact) mass is 354 g/mol. The average molecular weight is 354 g/mol. The van der Waals surface area contributed by atoms with Crippen LogP contribution in [-0.4, -0.2) is 46.1 Å². The van der Waals surface area contributed by atoms with Crippen LogP contribution < -0.4 is 15.8 Å². The Morgan fingerprint density at radius 1 is 1.38 bits per heavy atom. The number of nitrogens with zero attached hydrogens (tertiary/aromatic N) is 4. The highest BCUT2D eigenvalue weighted by Crippen LogP contribution is 2.32. The van der Waals surface area contributed by atoms with Crippen molar-refractivity contribution in [1.29, 1.82) is 0 Å². The minimum atomic E-state index is 0.198. The lowest BCUT2D eigenvalue weighted by atomic mass is 10.1. The number of nitrogens with one attached hydrogen (secondary N) is 1. The van der Waals surface area contributed by atoms with Crippen LogP contribution in [0.25, 0.3) is 22.3 Å². The van der Waals surface area contributed by atoms with Crippen LogP contribution >= 0.6 is 0 Å². The molecule has 1 fully saturated rings. The molecule has 4 rings (SSSR count). The second kappa shape index (κ2) is 6.80. The fourth-order valence-corrected chi connectivity index (χ4v) is 3.18. The summed E-state index contributed by atoms with van der Waals surface area (Å²) < 4.78 is 12.6. The zero-order valence-electron chi connectivity index (χ0n) is 14.9. The van der Waals surface area contributed by atoms with Gasteiger partial charge in [-0.05, 0) is 25.0 Å². The van der Waals surface area contributed by atoms with Crippen LogP contribution in [0.1, 0.15) is 12.8 Å². The Morgan fingerprint density at radius 3 is 3.04 bits per heavy atom. The average Bonchev–Trinajstić information content (AvgIpc) is 3.28. The summed E-state index contributed by atoms with van der Waals surface area (Å²) in [5.41, 5.74) is 8.41. The fraction of sp³-hybridized carbons (Fsp3) is 0.389. The Hall–Kier alpha value is -2.87. The molecular formula is C18H22N6O2. The van der Waals surface area contributed by atoms with E-state index in [2.05, 4.69) is 15.4 Å². The number of benzene rings is 1. The van der Waals surface area contributed by atoms with Crippen LogP contribution in [0.2, 0.25) is 0 Å². The van der Waals surface area contributed by atoms with Crippen LogP contribution in [0, 0.1) is 0 Å². The van der Waals surface area contributed by atoms with E-state index in [9.17, 15) is 0 Å². The molecule has 1 unspecified atom stereocenters. The maximum Gasteiger partial charge on any atom is 0.225 e. The maximum absolute atomic E-state index is 6.22. The number of hydrogen-bond acceptors (Lipinski definition) is 7. The molecule has 8 nitrogen and oxygen atoms in total. The molecule has 3 heterocycles. The Bertz CT molecular complexity index is 933. The molecule has 26 heavy (non-hydrogen) atoms. The zero-order valence-corrected chi connectivity index (χ0v) is 14.9. The van der Waals surface area contributed by atoms with E-state index in [4.69, 9.17) is 20.2 Å². The molecule has 0 saturated carbocycles. The predicted octanol–water partition coefficient (Wildman–Crippen LogP) is 2.21. The van der Waals surface area contributed by atoms with Gasteiger partial charge in [-0.1, -0.05) is 12.1 Å². The second-order valence-corrected chi connectivity index (χ2v) is 6.35. The molecule has 3 aromatic rings. The molecule has 136 valence electrons. The smallest absolute Gasteiger partial charge is 0.225 e. The zero-order chi connectivity index (χ0) is 18.1. The molecule has 0 radical (unpaired) electrons. The largest absolute Gasteiger partial charge is 0.497 e. The number of hydrogen-bond donors (Lipinski definition) is 2. The van der Waals surface area contributed by atoms with Gasteiger partial charge in [0.2, 0.25) is 5.95 Å². The molecule has 1 aliphatic rings. The molecule has 3 N–H and O–H groups in total. The van der Waals surface area contributed by atoms with Gasteiger partial charge in [-0.3, -0.25) is 4.68 Å². The summed E-state index contributed by atoms with van der Waals surface area (Å²) in [5, 5.41) is 8.44. The number of fused-ring (bicyclic) bond motifs is 1. The van der Waals surface area contributed by atoms with Crippen LogP contribution in [0.5, 0.6) is 5.75 Å².